The number of hydrogen-bond acceptors (Lipinski definition) is 2. The van der Waals surface area contributed by atoms with Crippen molar-refractivity contribution in [3.63, 3.8) is 0 Å². The lowest BCUT2D eigenvalue weighted by molar-refractivity contribution is 0.415. The van der Waals surface area contributed by atoms with Gasteiger partial charge in [0.1, 0.15) is 5.75 Å². The molecule has 21 heavy (non-hydrogen) atoms. The van der Waals surface area contributed by atoms with Gasteiger partial charge in [-0.3, -0.25) is 0 Å². The molecule has 0 atom stereocenters. The molecule has 0 fully saturated rings. The van der Waals surface area contributed by atoms with Crippen molar-refractivity contribution in [1.29, 1.82) is 0 Å². The third-order valence-electron chi connectivity index (χ3n) is 3.23. The van der Waals surface area contributed by atoms with Crippen molar-refractivity contribution in [3.8, 4) is 16.9 Å². The van der Waals surface area contributed by atoms with Crippen molar-refractivity contribution < 1.29 is 4.74 Å². The molecule has 0 aliphatic rings. The highest BCUT2D eigenvalue weighted by Gasteiger charge is 2.07. The average Bonchev–Trinajstić information content (AvgIpc) is 2.46. The fourth-order valence-corrected chi connectivity index (χ4v) is 2.49. The molecule has 0 spiro atoms. The summed E-state index contributed by atoms with van der Waals surface area (Å²) >= 11 is 12.4. The Morgan fingerprint density at radius 1 is 1.00 bits per heavy atom. The van der Waals surface area contributed by atoms with Gasteiger partial charge in [0.05, 0.1) is 12.1 Å². The van der Waals surface area contributed by atoms with Crippen LogP contribution in [0.5, 0.6) is 5.75 Å². The summed E-state index contributed by atoms with van der Waals surface area (Å²) in [4.78, 5) is 0. The van der Waals surface area contributed by atoms with Crippen molar-refractivity contribution in [1.82, 2.24) is 5.32 Å². The quantitative estimate of drug-likeness (QED) is 0.819. The molecule has 2 nitrogen and oxygen atoms in total. The van der Waals surface area contributed by atoms with Crippen LogP contribution in [0.1, 0.15) is 19.4 Å². The van der Waals surface area contributed by atoms with Gasteiger partial charge in [-0.05, 0) is 41.0 Å². The molecule has 0 saturated carbocycles. The zero-order valence-corrected chi connectivity index (χ0v) is 13.9. The number of nitrogens with one attached hydrogen (secondary N) is 1. The van der Waals surface area contributed by atoms with Crippen LogP contribution in [0, 0.1) is 0 Å². The zero-order chi connectivity index (χ0) is 15.4. The fraction of sp³-hybridized carbons (Fsp3) is 0.294. The molecular formula is C17H19Cl2NO. The van der Waals surface area contributed by atoms with E-state index in [-0.39, 0.29) is 0 Å². The van der Waals surface area contributed by atoms with Crippen LogP contribution in [-0.2, 0) is 6.54 Å². The summed E-state index contributed by atoms with van der Waals surface area (Å²) in [5.41, 5.74) is 3.21. The lowest BCUT2D eigenvalue weighted by Crippen LogP contribution is -2.21. The Morgan fingerprint density at radius 3 is 2.29 bits per heavy atom. The summed E-state index contributed by atoms with van der Waals surface area (Å²) in [6.07, 6.45) is 0. The standard InChI is InChI=1S/C17H19Cl2NO/c1-11(2)20-10-14-8-12(4-6-15(14)18)13-5-7-17(21-3)16(19)9-13/h4-9,11,20H,10H2,1-3H3. The first-order chi connectivity index (χ1) is 10.0. The Kier molecular flexibility index (Phi) is 5.51. The lowest BCUT2D eigenvalue weighted by atomic mass is 10.0. The topological polar surface area (TPSA) is 21.3 Å². The van der Waals surface area contributed by atoms with Crippen LogP contribution in [0.3, 0.4) is 0 Å². The second-order valence-electron chi connectivity index (χ2n) is 5.19. The van der Waals surface area contributed by atoms with Gasteiger partial charge in [0.15, 0.2) is 0 Å². The van der Waals surface area contributed by atoms with E-state index in [1.807, 2.05) is 30.3 Å². The van der Waals surface area contributed by atoms with E-state index < -0.39 is 0 Å². The van der Waals surface area contributed by atoms with Crippen LogP contribution in [0.2, 0.25) is 10.0 Å². The monoisotopic (exact) mass is 323 g/mol. The van der Waals surface area contributed by atoms with Crippen LogP contribution >= 0.6 is 23.2 Å². The van der Waals surface area contributed by atoms with Crippen LogP contribution < -0.4 is 10.1 Å². The van der Waals surface area contributed by atoms with E-state index in [1.165, 1.54) is 0 Å². The Morgan fingerprint density at radius 2 is 1.67 bits per heavy atom. The molecular weight excluding hydrogens is 305 g/mol. The Hall–Kier alpha value is -1.22. The maximum Gasteiger partial charge on any atom is 0.137 e. The van der Waals surface area contributed by atoms with Gasteiger partial charge in [-0.2, -0.15) is 0 Å². The molecule has 0 aromatic heterocycles. The largest absolute Gasteiger partial charge is 0.495 e. The van der Waals surface area contributed by atoms with E-state index in [4.69, 9.17) is 27.9 Å². The lowest BCUT2D eigenvalue weighted by Gasteiger charge is -2.12. The molecule has 1 N–H and O–H groups in total. The minimum Gasteiger partial charge on any atom is -0.495 e. The van der Waals surface area contributed by atoms with Crippen molar-refractivity contribution in [3.05, 3.63) is 52.0 Å². The van der Waals surface area contributed by atoms with Crippen LogP contribution in [0.25, 0.3) is 11.1 Å². The van der Waals surface area contributed by atoms with E-state index in [2.05, 4.69) is 25.2 Å². The highest BCUT2D eigenvalue weighted by molar-refractivity contribution is 6.32. The van der Waals surface area contributed by atoms with E-state index >= 15 is 0 Å². The molecule has 0 bridgehead atoms. The SMILES string of the molecule is COc1ccc(-c2ccc(Cl)c(CNC(C)C)c2)cc1Cl. The normalized spacial score (nSPS) is 11.0. The fourth-order valence-electron chi connectivity index (χ4n) is 2.05. The number of halogens is 2. The maximum atomic E-state index is 6.26. The number of methoxy groups -OCH3 is 1. The zero-order valence-electron chi connectivity index (χ0n) is 12.4. The predicted molar refractivity (Wildman–Crippen MR) is 90.4 cm³/mol. The molecule has 0 radical (unpaired) electrons. The van der Waals surface area contributed by atoms with Crippen LogP contribution in [-0.4, -0.2) is 13.2 Å². The van der Waals surface area contributed by atoms with Crippen molar-refractivity contribution >= 4 is 23.2 Å². The third kappa shape index (κ3) is 4.13. The predicted octanol–water partition coefficient (Wildman–Crippen LogP) is 5.17. The smallest absolute Gasteiger partial charge is 0.137 e. The molecule has 4 heteroatoms. The second kappa shape index (κ2) is 7.17. The van der Waals surface area contributed by atoms with Crippen LogP contribution in [0.4, 0.5) is 0 Å². The Bertz CT molecular complexity index is 626. The molecule has 0 unspecified atom stereocenters. The first-order valence-corrected chi connectivity index (χ1v) is 7.62. The number of rotatable bonds is 5. The minimum absolute atomic E-state index is 0.417. The van der Waals surface area contributed by atoms with Crippen molar-refractivity contribution in [2.45, 2.75) is 26.4 Å². The second-order valence-corrected chi connectivity index (χ2v) is 6.01. The van der Waals surface area contributed by atoms with Gasteiger partial charge in [0.2, 0.25) is 0 Å². The van der Waals surface area contributed by atoms with Gasteiger partial charge in [-0.15, -0.1) is 0 Å². The first-order valence-electron chi connectivity index (χ1n) is 6.87. The first kappa shape index (κ1) is 16.2. The summed E-state index contributed by atoms with van der Waals surface area (Å²) in [7, 11) is 1.61. The summed E-state index contributed by atoms with van der Waals surface area (Å²) in [5.74, 6) is 0.677. The third-order valence-corrected chi connectivity index (χ3v) is 3.90. The van der Waals surface area contributed by atoms with Gasteiger partial charge >= 0.3 is 0 Å². The molecule has 0 amide bonds. The number of hydrogen-bond donors (Lipinski definition) is 1. The number of benzene rings is 2. The molecule has 0 heterocycles. The highest BCUT2D eigenvalue weighted by atomic mass is 35.5. The maximum absolute atomic E-state index is 6.26. The molecule has 2 aromatic rings. The van der Waals surface area contributed by atoms with E-state index in [0.717, 1.165) is 28.3 Å². The van der Waals surface area contributed by atoms with Gasteiger partial charge < -0.3 is 10.1 Å². The Labute approximate surface area is 136 Å². The van der Waals surface area contributed by atoms with Gasteiger partial charge in [0.25, 0.3) is 0 Å². The summed E-state index contributed by atoms with van der Waals surface area (Å²) in [5, 5.41) is 4.75. The van der Waals surface area contributed by atoms with Gasteiger partial charge in [-0.1, -0.05) is 49.2 Å². The highest BCUT2D eigenvalue weighted by Crippen LogP contribution is 2.31. The Balaban J connectivity index is 2.31. The molecule has 112 valence electrons. The molecule has 0 aliphatic carbocycles. The summed E-state index contributed by atoms with van der Waals surface area (Å²) in [6.45, 7) is 4.97. The molecule has 0 aliphatic heterocycles. The van der Waals surface area contributed by atoms with E-state index in [9.17, 15) is 0 Å². The minimum atomic E-state index is 0.417. The van der Waals surface area contributed by atoms with Gasteiger partial charge in [0, 0.05) is 17.6 Å². The van der Waals surface area contributed by atoms with Crippen molar-refractivity contribution in [2.75, 3.05) is 7.11 Å². The van der Waals surface area contributed by atoms with E-state index in [1.54, 1.807) is 7.11 Å². The van der Waals surface area contributed by atoms with Crippen molar-refractivity contribution in [2.24, 2.45) is 0 Å². The van der Waals surface area contributed by atoms with Gasteiger partial charge in [-0.25, -0.2) is 0 Å². The summed E-state index contributed by atoms with van der Waals surface area (Å²) < 4.78 is 5.18. The molecule has 0 saturated heterocycles. The average molecular weight is 324 g/mol. The van der Waals surface area contributed by atoms with Crippen LogP contribution in [0.15, 0.2) is 36.4 Å². The number of ether oxygens (including phenoxy) is 1. The summed E-state index contributed by atoms with van der Waals surface area (Å²) in [6, 6.07) is 12.2. The molecule has 2 aromatic carbocycles. The van der Waals surface area contributed by atoms with E-state index in [0.29, 0.717) is 16.8 Å². The molecule has 2 rings (SSSR count).